The summed E-state index contributed by atoms with van der Waals surface area (Å²) in [6.07, 6.45) is 5.05. The van der Waals surface area contributed by atoms with E-state index in [2.05, 4.69) is 0 Å². The summed E-state index contributed by atoms with van der Waals surface area (Å²) in [7, 11) is 0.188. The Morgan fingerprint density at radius 2 is 2.18 bits per heavy atom. The first-order valence-corrected chi connectivity index (χ1v) is 4.92. The van der Waals surface area contributed by atoms with Crippen molar-refractivity contribution in [3.8, 4) is 0 Å². The minimum atomic E-state index is -0.761. The molecule has 0 heterocycles. The van der Waals surface area contributed by atoms with Gasteiger partial charge in [0, 0.05) is 0 Å². The molecule has 0 bridgehead atoms. The fourth-order valence-corrected chi connectivity index (χ4v) is 1.42. The smallest absolute Gasteiger partial charge is 0.329 e. The van der Waals surface area contributed by atoms with Crippen LogP contribution in [0.1, 0.15) is 12.8 Å². The van der Waals surface area contributed by atoms with E-state index >= 15 is 0 Å². The van der Waals surface area contributed by atoms with Crippen LogP contribution in [0.4, 0.5) is 0 Å². The first-order chi connectivity index (χ1) is 5.19. The predicted molar refractivity (Wildman–Crippen MR) is 45.6 cm³/mol. The molecule has 62 valence electrons. The molecule has 2 N–H and O–H groups in total. The molecular weight excluding hydrogens is 161 g/mol. The molecular formula is C7H12NO2P. The van der Waals surface area contributed by atoms with Crippen LogP contribution in [0.3, 0.4) is 0 Å². The average molecular weight is 173 g/mol. The summed E-state index contributed by atoms with van der Waals surface area (Å²) in [6.45, 7) is 1.81. The van der Waals surface area contributed by atoms with Crippen molar-refractivity contribution in [1.82, 2.24) is 0 Å². The molecule has 0 aromatic heterocycles. The van der Waals surface area contributed by atoms with Crippen LogP contribution in [-0.2, 0) is 9.32 Å². The molecule has 3 nitrogen and oxygen atoms in total. The molecule has 0 aliphatic heterocycles. The quantitative estimate of drug-likeness (QED) is 0.496. The highest BCUT2D eigenvalue weighted by atomic mass is 31.1. The van der Waals surface area contributed by atoms with Gasteiger partial charge >= 0.3 is 5.97 Å². The summed E-state index contributed by atoms with van der Waals surface area (Å²) in [5, 5.41) is 0. The zero-order valence-electron chi connectivity index (χ0n) is 6.46. The molecule has 11 heavy (non-hydrogen) atoms. The topological polar surface area (TPSA) is 52.3 Å². The van der Waals surface area contributed by atoms with Gasteiger partial charge < -0.3 is 10.3 Å². The molecule has 0 aromatic rings. The zero-order valence-corrected chi connectivity index (χ0v) is 7.46. The Labute approximate surface area is 67.8 Å². The predicted octanol–water partition coefficient (Wildman–Crippen LogP) is 0.800. The second kappa shape index (κ2) is 3.33. The van der Waals surface area contributed by atoms with E-state index in [1.165, 1.54) is 0 Å². The van der Waals surface area contributed by atoms with Gasteiger partial charge in [0.15, 0.2) is 0 Å². The Hall–Kier alpha value is -0.400. The van der Waals surface area contributed by atoms with Crippen molar-refractivity contribution in [3.05, 3.63) is 12.2 Å². The number of hydrogen-bond donors (Lipinski definition) is 1. The van der Waals surface area contributed by atoms with E-state index in [-0.39, 0.29) is 14.8 Å². The molecule has 1 unspecified atom stereocenters. The monoisotopic (exact) mass is 173 g/mol. The van der Waals surface area contributed by atoms with Crippen molar-refractivity contribution in [2.75, 3.05) is 6.66 Å². The van der Waals surface area contributed by atoms with Crippen molar-refractivity contribution < 1.29 is 9.32 Å². The van der Waals surface area contributed by atoms with Crippen LogP contribution in [0, 0.1) is 0 Å². The lowest BCUT2D eigenvalue weighted by molar-refractivity contribution is -0.139. The lowest BCUT2D eigenvalue weighted by Gasteiger charge is -2.20. The summed E-state index contributed by atoms with van der Waals surface area (Å²) < 4.78 is 4.85. The summed E-state index contributed by atoms with van der Waals surface area (Å²) in [5.74, 6) is -0.275. The second-order valence-corrected chi connectivity index (χ2v) is 3.24. The third-order valence-corrected chi connectivity index (χ3v) is 2.12. The van der Waals surface area contributed by atoms with Crippen LogP contribution >= 0.6 is 8.81 Å². The maximum atomic E-state index is 11.2. The molecule has 0 radical (unpaired) electrons. The van der Waals surface area contributed by atoms with E-state index < -0.39 is 5.54 Å². The van der Waals surface area contributed by atoms with Crippen LogP contribution in [0.15, 0.2) is 12.2 Å². The standard InChI is InChI=1S/C7H12NO2P/c1-11-10-6(9)7(8)4-2-3-5-7/h2-3,11H,4-5,8H2,1H3. The Morgan fingerprint density at radius 1 is 1.64 bits per heavy atom. The molecule has 1 rings (SSSR count). The Bertz CT molecular complexity index is 183. The molecule has 0 saturated carbocycles. The minimum absolute atomic E-state index is 0.188. The average Bonchev–Trinajstić information content (AvgIpc) is 2.38. The molecule has 1 atom stereocenters. The third kappa shape index (κ3) is 1.79. The van der Waals surface area contributed by atoms with Crippen molar-refractivity contribution in [1.29, 1.82) is 0 Å². The van der Waals surface area contributed by atoms with Crippen LogP contribution < -0.4 is 5.73 Å². The molecule has 0 saturated heterocycles. The van der Waals surface area contributed by atoms with E-state index in [0.29, 0.717) is 12.8 Å². The molecule has 0 amide bonds. The van der Waals surface area contributed by atoms with E-state index in [9.17, 15) is 4.79 Å². The van der Waals surface area contributed by atoms with Crippen LogP contribution in [-0.4, -0.2) is 18.2 Å². The van der Waals surface area contributed by atoms with Gasteiger partial charge in [0.1, 0.15) is 5.54 Å². The van der Waals surface area contributed by atoms with Gasteiger partial charge in [-0.25, -0.2) is 4.79 Å². The first kappa shape index (κ1) is 8.69. The van der Waals surface area contributed by atoms with Crippen LogP contribution in [0.25, 0.3) is 0 Å². The molecule has 4 heteroatoms. The Morgan fingerprint density at radius 3 is 2.64 bits per heavy atom. The van der Waals surface area contributed by atoms with Crippen LogP contribution in [0.5, 0.6) is 0 Å². The molecule has 0 aromatic carbocycles. The van der Waals surface area contributed by atoms with Gasteiger partial charge in [-0.2, -0.15) is 0 Å². The Balaban J connectivity index is 2.51. The summed E-state index contributed by atoms with van der Waals surface area (Å²) in [4.78, 5) is 11.2. The van der Waals surface area contributed by atoms with Crippen LogP contribution in [0.2, 0.25) is 0 Å². The van der Waals surface area contributed by atoms with Gasteiger partial charge in [-0.1, -0.05) is 12.2 Å². The van der Waals surface area contributed by atoms with Gasteiger partial charge in [-0.05, 0) is 19.5 Å². The molecule has 1 aliphatic carbocycles. The third-order valence-electron chi connectivity index (χ3n) is 1.73. The zero-order chi connectivity index (χ0) is 8.32. The van der Waals surface area contributed by atoms with Crippen molar-refractivity contribution in [2.45, 2.75) is 18.4 Å². The molecule has 1 aliphatic rings. The number of rotatable bonds is 2. The first-order valence-electron chi connectivity index (χ1n) is 3.51. The van der Waals surface area contributed by atoms with Crippen molar-refractivity contribution >= 4 is 14.8 Å². The number of nitrogens with two attached hydrogens (primary N) is 1. The highest BCUT2D eigenvalue weighted by molar-refractivity contribution is 7.31. The maximum absolute atomic E-state index is 11.2. The molecule has 0 fully saturated rings. The molecule has 0 spiro atoms. The van der Waals surface area contributed by atoms with Gasteiger partial charge in [-0.15, -0.1) is 0 Å². The second-order valence-electron chi connectivity index (χ2n) is 2.63. The summed E-state index contributed by atoms with van der Waals surface area (Å²) in [5.41, 5.74) is 5.00. The number of hydrogen-bond acceptors (Lipinski definition) is 3. The van der Waals surface area contributed by atoms with Gasteiger partial charge in [0.05, 0.1) is 8.81 Å². The highest BCUT2D eigenvalue weighted by Gasteiger charge is 2.35. The highest BCUT2D eigenvalue weighted by Crippen LogP contribution is 2.24. The fraction of sp³-hybridized carbons (Fsp3) is 0.571. The van der Waals surface area contributed by atoms with Crippen molar-refractivity contribution in [2.24, 2.45) is 5.73 Å². The number of carbonyl (C=O) groups excluding carboxylic acids is 1. The van der Waals surface area contributed by atoms with E-state index in [1.807, 2.05) is 18.8 Å². The minimum Gasteiger partial charge on any atom is -0.447 e. The normalized spacial score (nSPS) is 21.3. The van der Waals surface area contributed by atoms with Gasteiger partial charge in [0.2, 0.25) is 0 Å². The maximum Gasteiger partial charge on any atom is 0.329 e. The van der Waals surface area contributed by atoms with Gasteiger partial charge in [0.25, 0.3) is 0 Å². The largest absolute Gasteiger partial charge is 0.447 e. The SMILES string of the molecule is CPOC(=O)C1(N)CC=CC1. The van der Waals surface area contributed by atoms with Crippen molar-refractivity contribution in [3.63, 3.8) is 0 Å². The van der Waals surface area contributed by atoms with Gasteiger partial charge in [-0.3, -0.25) is 0 Å². The lowest BCUT2D eigenvalue weighted by Crippen LogP contribution is -2.45. The Kier molecular flexibility index (Phi) is 2.63. The van der Waals surface area contributed by atoms with E-state index in [1.54, 1.807) is 0 Å². The lowest BCUT2D eigenvalue weighted by atomic mass is 9.99. The van der Waals surface area contributed by atoms with E-state index in [0.717, 1.165) is 0 Å². The summed E-state index contributed by atoms with van der Waals surface area (Å²) >= 11 is 0. The summed E-state index contributed by atoms with van der Waals surface area (Å²) in [6, 6.07) is 0. The van der Waals surface area contributed by atoms with E-state index in [4.69, 9.17) is 10.3 Å². The number of carbonyl (C=O) groups is 1. The fourth-order valence-electron chi connectivity index (χ4n) is 1.03.